The molecule has 1 heterocycles. The molecule has 1 aromatic heterocycles. The van der Waals surface area contributed by atoms with E-state index in [-0.39, 0.29) is 6.04 Å². The molecule has 0 bridgehead atoms. The van der Waals surface area contributed by atoms with Gasteiger partial charge in [0.05, 0.1) is 5.69 Å². The number of hydrogen-bond acceptors (Lipinski definition) is 4. The third kappa shape index (κ3) is 3.75. The molecule has 0 spiro atoms. The standard InChI is InChI=1S/C12H22N2S2/c1-5-6-15-7-10-14-11(8(2)3)12(16-10)9(4)13/h8-9H,5-7,13H2,1-4H3. The molecule has 0 fully saturated rings. The zero-order valence-corrected chi connectivity index (χ0v) is 12.3. The molecule has 0 aliphatic heterocycles. The van der Waals surface area contributed by atoms with Crippen LogP contribution in [0.1, 0.15) is 61.7 Å². The molecule has 0 aromatic carbocycles. The van der Waals surface area contributed by atoms with E-state index in [1.165, 1.54) is 27.8 Å². The lowest BCUT2D eigenvalue weighted by atomic mass is 10.1. The van der Waals surface area contributed by atoms with Crippen LogP contribution >= 0.6 is 23.1 Å². The van der Waals surface area contributed by atoms with E-state index in [2.05, 4.69) is 20.8 Å². The molecular formula is C12H22N2S2. The summed E-state index contributed by atoms with van der Waals surface area (Å²) < 4.78 is 0. The molecule has 4 heteroatoms. The molecule has 16 heavy (non-hydrogen) atoms. The number of nitrogens with zero attached hydrogens (tertiary/aromatic N) is 1. The molecule has 2 N–H and O–H groups in total. The first-order valence-corrected chi connectivity index (χ1v) is 7.86. The number of nitrogens with two attached hydrogens (primary N) is 1. The van der Waals surface area contributed by atoms with Gasteiger partial charge >= 0.3 is 0 Å². The third-order valence-electron chi connectivity index (χ3n) is 2.26. The smallest absolute Gasteiger partial charge is 0.103 e. The fraction of sp³-hybridized carbons (Fsp3) is 0.750. The molecule has 1 rings (SSSR count). The van der Waals surface area contributed by atoms with Crippen molar-refractivity contribution < 1.29 is 0 Å². The zero-order chi connectivity index (χ0) is 12.1. The van der Waals surface area contributed by atoms with E-state index >= 15 is 0 Å². The van der Waals surface area contributed by atoms with Gasteiger partial charge in [0.15, 0.2) is 0 Å². The van der Waals surface area contributed by atoms with E-state index in [9.17, 15) is 0 Å². The molecule has 1 unspecified atom stereocenters. The summed E-state index contributed by atoms with van der Waals surface area (Å²) in [4.78, 5) is 5.99. The second kappa shape index (κ2) is 6.62. The van der Waals surface area contributed by atoms with E-state index in [4.69, 9.17) is 10.7 Å². The maximum atomic E-state index is 5.98. The van der Waals surface area contributed by atoms with Gasteiger partial charge in [-0.3, -0.25) is 0 Å². The van der Waals surface area contributed by atoms with Crippen LogP contribution in [0.2, 0.25) is 0 Å². The first-order valence-electron chi connectivity index (χ1n) is 5.89. The van der Waals surface area contributed by atoms with Gasteiger partial charge < -0.3 is 5.73 Å². The lowest BCUT2D eigenvalue weighted by Crippen LogP contribution is -2.06. The van der Waals surface area contributed by atoms with Crippen LogP contribution in [0.5, 0.6) is 0 Å². The van der Waals surface area contributed by atoms with Crippen LogP contribution in [0.3, 0.4) is 0 Å². The molecule has 92 valence electrons. The fourth-order valence-corrected chi connectivity index (χ4v) is 3.62. The van der Waals surface area contributed by atoms with E-state index < -0.39 is 0 Å². The van der Waals surface area contributed by atoms with Gasteiger partial charge in [0, 0.05) is 16.7 Å². The topological polar surface area (TPSA) is 38.9 Å². The third-order valence-corrected chi connectivity index (χ3v) is 4.89. The summed E-state index contributed by atoms with van der Waals surface area (Å²) in [5, 5.41) is 1.23. The van der Waals surface area contributed by atoms with Gasteiger partial charge in [0.25, 0.3) is 0 Å². The van der Waals surface area contributed by atoms with Crippen LogP contribution in [-0.4, -0.2) is 10.7 Å². The number of thioether (sulfide) groups is 1. The SMILES string of the molecule is CCCSCc1nc(C(C)C)c(C(C)N)s1. The molecule has 1 aromatic rings. The van der Waals surface area contributed by atoms with Gasteiger partial charge in [-0.05, 0) is 25.0 Å². The summed E-state index contributed by atoms with van der Waals surface area (Å²) in [5.41, 5.74) is 7.19. The minimum absolute atomic E-state index is 0.111. The molecule has 0 aliphatic rings. The Morgan fingerprint density at radius 2 is 2.06 bits per heavy atom. The van der Waals surface area contributed by atoms with Gasteiger partial charge in [-0.1, -0.05) is 20.8 Å². The Morgan fingerprint density at radius 3 is 2.50 bits per heavy atom. The van der Waals surface area contributed by atoms with Gasteiger partial charge in [-0.25, -0.2) is 4.98 Å². The van der Waals surface area contributed by atoms with Crippen molar-refractivity contribution >= 4 is 23.1 Å². The summed E-state index contributed by atoms with van der Waals surface area (Å²) in [6, 6.07) is 0.111. The molecule has 0 radical (unpaired) electrons. The summed E-state index contributed by atoms with van der Waals surface area (Å²) in [6.07, 6.45) is 1.23. The minimum Gasteiger partial charge on any atom is -0.323 e. The number of thiazole rings is 1. The van der Waals surface area contributed by atoms with E-state index in [1.807, 2.05) is 18.7 Å². The lowest BCUT2D eigenvalue weighted by Gasteiger charge is -2.07. The highest BCUT2D eigenvalue weighted by Crippen LogP contribution is 2.31. The van der Waals surface area contributed by atoms with Crippen LogP contribution in [0.4, 0.5) is 0 Å². The number of rotatable bonds is 6. The van der Waals surface area contributed by atoms with Crippen molar-refractivity contribution in [2.75, 3.05) is 5.75 Å². The minimum atomic E-state index is 0.111. The Labute approximate surface area is 107 Å². The van der Waals surface area contributed by atoms with Crippen LogP contribution in [0.25, 0.3) is 0 Å². The largest absolute Gasteiger partial charge is 0.323 e. The zero-order valence-electron chi connectivity index (χ0n) is 10.6. The first kappa shape index (κ1) is 14.0. The van der Waals surface area contributed by atoms with Crippen molar-refractivity contribution in [3.8, 4) is 0 Å². The highest BCUT2D eigenvalue weighted by molar-refractivity contribution is 7.98. The summed E-state index contributed by atoms with van der Waals surface area (Å²) in [6.45, 7) is 8.62. The van der Waals surface area contributed by atoms with Crippen LogP contribution in [-0.2, 0) is 5.75 Å². The van der Waals surface area contributed by atoms with Crippen molar-refractivity contribution in [2.45, 2.75) is 51.8 Å². The number of aromatic nitrogens is 1. The van der Waals surface area contributed by atoms with Crippen molar-refractivity contribution in [1.29, 1.82) is 0 Å². The molecule has 0 saturated carbocycles. The van der Waals surface area contributed by atoms with Gasteiger partial charge in [-0.15, -0.1) is 11.3 Å². The van der Waals surface area contributed by atoms with Crippen molar-refractivity contribution in [2.24, 2.45) is 5.73 Å². The molecule has 0 saturated heterocycles. The van der Waals surface area contributed by atoms with Gasteiger partial charge in [-0.2, -0.15) is 11.8 Å². The Bertz CT molecular complexity index is 293. The van der Waals surface area contributed by atoms with Crippen molar-refractivity contribution in [3.63, 3.8) is 0 Å². The second-order valence-electron chi connectivity index (χ2n) is 4.35. The fourth-order valence-electron chi connectivity index (χ4n) is 1.50. The quantitative estimate of drug-likeness (QED) is 0.786. The molecule has 0 aliphatic carbocycles. The summed E-state index contributed by atoms with van der Waals surface area (Å²) >= 11 is 3.75. The van der Waals surface area contributed by atoms with Gasteiger partial charge in [0.2, 0.25) is 0 Å². The molecule has 0 amide bonds. The van der Waals surface area contributed by atoms with Crippen LogP contribution in [0, 0.1) is 0 Å². The monoisotopic (exact) mass is 258 g/mol. The average molecular weight is 258 g/mol. The maximum absolute atomic E-state index is 5.98. The lowest BCUT2D eigenvalue weighted by molar-refractivity contribution is 0.760. The highest BCUT2D eigenvalue weighted by Gasteiger charge is 2.16. The Morgan fingerprint density at radius 1 is 1.38 bits per heavy atom. The summed E-state index contributed by atoms with van der Waals surface area (Å²) in [5.74, 6) is 2.72. The van der Waals surface area contributed by atoms with Crippen LogP contribution < -0.4 is 5.73 Å². The van der Waals surface area contributed by atoms with Crippen LogP contribution in [0.15, 0.2) is 0 Å². The Balaban J connectivity index is 2.76. The Kier molecular flexibility index (Phi) is 5.79. The van der Waals surface area contributed by atoms with Crippen molar-refractivity contribution in [3.05, 3.63) is 15.6 Å². The predicted octanol–water partition coefficient (Wildman–Crippen LogP) is 3.93. The van der Waals surface area contributed by atoms with Crippen molar-refractivity contribution in [1.82, 2.24) is 4.98 Å². The van der Waals surface area contributed by atoms with E-state index in [0.717, 1.165) is 5.75 Å². The highest BCUT2D eigenvalue weighted by atomic mass is 32.2. The second-order valence-corrected chi connectivity index (χ2v) is 6.57. The summed E-state index contributed by atoms with van der Waals surface area (Å²) in [7, 11) is 0. The first-order chi connectivity index (χ1) is 7.56. The molecule has 1 atom stereocenters. The van der Waals surface area contributed by atoms with E-state index in [1.54, 1.807) is 11.3 Å². The average Bonchev–Trinajstić information content (AvgIpc) is 2.62. The maximum Gasteiger partial charge on any atom is 0.103 e. The number of hydrogen-bond donors (Lipinski definition) is 1. The molecular weight excluding hydrogens is 236 g/mol. The molecule has 2 nitrogen and oxygen atoms in total. The normalized spacial score (nSPS) is 13.4. The van der Waals surface area contributed by atoms with Gasteiger partial charge in [0.1, 0.15) is 5.01 Å². The van der Waals surface area contributed by atoms with E-state index in [0.29, 0.717) is 5.92 Å². The predicted molar refractivity (Wildman–Crippen MR) is 75.3 cm³/mol. The Hall–Kier alpha value is -0.0600.